The first-order valence-electron chi connectivity index (χ1n) is 10.7. The highest BCUT2D eigenvalue weighted by atomic mass is 32.2. The SMILES string of the molecule is COc1cc(-c2nc(SCc3ccc(C)cc3)[nH]c(=O)c2C#N)ccc1OCc1ccccc1. The van der Waals surface area contributed by atoms with Crippen LogP contribution in [0.25, 0.3) is 11.3 Å². The number of ether oxygens (including phenoxy) is 2. The minimum Gasteiger partial charge on any atom is -0.493 e. The normalized spacial score (nSPS) is 10.5. The van der Waals surface area contributed by atoms with Crippen molar-refractivity contribution in [2.45, 2.75) is 24.4 Å². The molecule has 6 nitrogen and oxygen atoms in total. The van der Waals surface area contributed by atoms with Crippen LogP contribution in [0, 0.1) is 18.3 Å². The van der Waals surface area contributed by atoms with Gasteiger partial charge in [-0.15, -0.1) is 0 Å². The molecule has 0 unspecified atom stereocenters. The highest BCUT2D eigenvalue weighted by molar-refractivity contribution is 7.98. The summed E-state index contributed by atoms with van der Waals surface area (Å²) in [6, 6.07) is 25.3. The summed E-state index contributed by atoms with van der Waals surface area (Å²) in [6.07, 6.45) is 0. The number of hydrogen-bond donors (Lipinski definition) is 1. The summed E-state index contributed by atoms with van der Waals surface area (Å²) in [4.78, 5) is 19.9. The number of nitriles is 1. The standard InChI is InChI=1S/C27H23N3O3S/c1-18-8-10-20(11-9-18)17-34-27-29-25(22(15-28)26(31)30-27)21-12-13-23(24(14-21)32-2)33-16-19-6-4-3-5-7-19/h3-14H,16-17H2,1-2H3,(H,29,30,31). The summed E-state index contributed by atoms with van der Waals surface area (Å²) in [5, 5.41) is 10.1. The van der Waals surface area contributed by atoms with Crippen molar-refractivity contribution in [2.75, 3.05) is 7.11 Å². The number of aromatic amines is 1. The number of aryl methyl sites for hydroxylation is 1. The van der Waals surface area contributed by atoms with E-state index in [1.54, 1.807) is 25.3 Å². The number of methoxy groups -OCH3 is 1. The van der Waals surface area contributed by atoms with E-state index < -0.39 is 5.56 Å². The van der Waals surface area contributed by atoms with E-state index in [2.05, 4.69) is 9.97 Å². The van der Waals surface area contributed by atoms with Gasteiger partial charge in [-0.25, -0.2) is 4.98 Å². The van der Waals surface area contributed by atoms with Crippen molar-refractivity contribution in [3.8, 4) is 28.8 Å². The molecule has 4 aromatic rings. The van der Waals surface area contributed by atoms with E-state index in [1.807, 2.05) is 67.6 Å². The first-order valence-corrected chi connectivity index (χ1v) is 11.6. The van der Waals surface area contributed by atoms with Crippen molar-refractivity contribution < 1.29 is 9.47 Å². The molecule has 0 aliphatic carbocycles. The summed E-state index contributed by atoms with van der Waals surface area (Å²) in [6.45, 7) is 2.43. The number of thioether (sulfide) groups is 1. The molecule has 1 aromatic heterocycles. The van der Waals surface area contributed by atoms with Crippen LogP contribution in [0.15, 0.2) is 82.7 Å². The molecule has 0 amide bonds. The highest BCUT2D eigenvalue weighted by Gasteiger charge is 2.16. The number of rotatable bonds is 8. The fraction of sp³-hybridized carbons (Fsp3) is 0.148. The van der Waals surface area contributed by atoms with E-state index in [9.17, 15) is 10.1 Å². The number of H-pyrrole nitrogens is 1. The molecule has 1 N–H and O–H groups in total. The average molecular weight is 470 g/mol. The molecular formula is C27H23N3O3S. The van der Waals surface area contributed by atoms with Gasteiger partial charge in [-0.1, -0.05) is 71.9 Å². The van der Waals surface area contributed by atoms with Gasteiger partial charge < -0.3 is 14.5 Å². The van der Waals surface area contributed by atoms with E-state index >= 15 is 0 Å². The lowest BCUT2D eigenvalue weighted by Gasteiger charge is -2.13. The molecule has 170 valence electrons. The van der Waals surface area contributed by atoms with E-state index in [-0.39, 0.29) is 5.56 Å². The third-order valence-corrected chi connectivity index (χ3v) is 6.12. The van der Waals surface area contributed by atoms with Gasteiger partial charge in [-0.3, -0.25) is 4.79 Å². The summed E-state index contributed by atoms with van der Waals surface area (Å²) in [7, 11) is 1.55. The predicted molar refractivity (Wildman–Crippen MR) is 133 cm³/mol. The van der Waals surface area contributed by atoms with Crippen LogP contribution >= 0.6 is 11.8 Å². The van der Waals surface area contributed by atoms with Crippen LogP contribution in [-0.4, -0.2) is 17.1 Å². The molecule has 0 spiro atoms. The Morgan fingerprint density at radius 2 is 1.76 bits per heavy atom. The van der Waals surface area contributed by atoms with E-state index in [4.69, 9.17) is 9.47 Å². The van der Waals surface area contributed by atoms with Crippen molar-refractivity contribution in [1.82, 2.24) is 9.97 Å². The maximum atomic E-state index is 12.6. The molecule has 7 heteroatoms. The fourth-order valence-electron chi connectivity index (χ4n) is 3.34. The van der Waals surface area contributed by atoms with Gasteiger partial charge in [0.25, 0.3) is 5.56 Å². The number of nitrogens with one attached hydrogen (secondary N) is 1. The van der Waals surface area contributed by atoms with E-state index in [1.165, 1.54) is 17.3 Å². The summed E-state index contributed by atoms with van der Waals surface area (Å²) in [5.74, 6) is 1.70. The Labute approximate surface area is 202 Å². The summed E-state index contributed by atoms with van der Waals surface area (Å²) < 4.78 is 11.4. The summed E-state index contributed by atoms with van der Waals surface area (Å²) >= 11 is 1.41. The molecule has 0 atom stereocenters. The molecule has 0 fully saturated rings. The van der Waals surface area contributed by atoms with Crippen LogP contribution in [0.5, 0.6) is 11.5 Å². The van der Waals surface area contributed by atoms with Crippen molar-refractivity contribution >= 4 is 11.8 Å². The van der Waals surface area contributed by atoms with Crippen molar-refractivity contribution in [2.24, 2.45) is 0 Å². The molecular weight excluding hydrogens is 446 g/mol. The maximum Gasteiger partial charge on any atom is 0.270 e. The van der Waals surface area contributed by atoms with Gasteiger partial charge in [0.2, 0.25) is 0 Å². The number of hydrogen-bond acceptors (Lipinski definition) is 6. The lowest BCUT2D eigenvalue weighted by molar-refractivity contribution is 0.284. The third kappa shape index (κ3) is 5.48. The average Bonchev–Trinajstić information content (AvgIpc) is 2.87. The van der Waals surface area contributed by atoms with Crippen molar-refractivity contribution in [3.05, 3.63) is 105 Å². The third-order valence-electron chi connectivity index (χ3n) is 5.18. The zero-order chi connectivity index (χ0) is 23.9. The predicted octanol–water partition coefficient (Wildman–Crippen LogP) is 5.50. The van der Waals surface area contributed by atoms with E-state index in [0.29, 0.717) is 40.3 Å². The summed E-state index contributed by atoms with van der Waals surface area (Å²) in [5.41, 5.74) is 3.74. The topological polar surface area (TPSA) is 88.0 Å². The quantitative estimate of drug-likeness (QED) is 0.271. The molecule has 0 radical (unpaired) electrons. The second kappa shape index (κ2) is 10.7. The Kier molecular flexibility index (Phi) is 7.31. The monoisotopic (exact) mass is 469 g/mol. The smallest absolute Gasteiger partial charge is 0.270 e. The minimum absolute atomic E-state index is 0.0420. The molecule has 0 aliphatic rings. The Hall–Kier alpha value is -4.02. The fourth-order valence-corrected chi connectivity index (χ4v) is 4.16. The van der Waals surface area contributed by atoms with Gasteiger partial charge in [0.1, 0.15) is 18.2 Å². The van der Waals surface area contributed by atoms with Crippen LogP contribution in [0.2, 0.25) is 0 Å². The number of nitrogens with zero attached hydrogens (tertiary/aromatic N) is 2. The van der Waals surface area contributed by atoms with Crippen LogP contribution in [0.1, 0.15) is 22.3 Å². The van der Waals surface area contributed by atoms with E-state index in [0.717, 1.165) is 11.1 Å². The van der Waals surface area contributed by atoms with Gasteiger partial charge in [0, 0.05) is 11.3 Å². The molecule has 0 aliphatic heterocycles. The Bertz CT molecular complexity index is 1380. The maximum absolute atomic E-state index is 12.6. The molecule has 0 saturated carbocycles. The van der Waals surface area contributed by atoms with Crippen LogP contribution < -0.4 is 15.0 Å². The van der Waals surface area contributed by atoms with Crippen LogP contribution in [0.3, 0.4) is 0 Å². The second-order valence-electron chi connectivity index (χ2n) is 7.62. The molecule has 0 saturated heterocycles. The Morgan fingerprint density at radius 3 is 2.47 bits per heavy atom. The minimum atomic E-state index is -0.470. The molecule has 34 heavy (non-hydrogen) atoms. The first-order chi connectivity index (χ1) is 16.6. The first kappa shape index (κ1) is 23.1. The van der Waals surface area contributed by atoms with Gasteiger partial charge >= 0.3 is 0 Å². The zero-order valence-corrected chi connectivity index (χ0v) is 19.7. The van der Waals surface area contributed by atoms with Gasteiger partial charge in [0.15, 0.2) is 16.7 Å². The Balaban J connectivity index is 1.61. The van der Waals surface area contributed by atoms with Crippen molar-refractivity contribution in [3.63, 3.8) is 0 Å². The van der Waals surface area contributed by atoms with Crippen molar-refractivity contribution in [1.29, 1.82) is 5.26 Å². The lowest BCUT2D eigenvalue weighted by atomic mass is 10.1. The molecule has 0 bridgehead atoms. The largest absolute Gasteiger partial charge is 0.493 e. The Morgan fingerprint density at radius 1 is 1.00 bits per heavy atom. The van der Waals surface area contributed by atoms with Gasteiger partial charge in [0.05, 0.1) is 12.8 Å². The highest BCUT2D eigenvalue weighted by Crippen LogP contribution is 2.33. The molecule has 1 heterocycles. The van der Waals surface area contributed by atoms with Gasteiger partial charge in [-0.05, 0) is 36.2 Å². The van der Waals surface area contributed by atoms with Crippen LogP contribution in [0.4, 0.5) is 0 Å². The molecule has 4 rings (SSSR count). The molecule has 3 aromatic carbocycles. The lowest BCUT2D eigenvalue weighted by Crippen LogP contribution is -2.14. The second-order valence-corrected chi connectivity index (χ2v) is 8.58. The van der Waals surface area contributed by atoms with Gasteiger partial charge in [-0.2, -0.15) is 5.26 Å². The zero-order valence-electron chi connectivity index (χ0n) is 18.9. The number of aromatic nitrogens is 2. The number of benzene rings is 3. The van der Waals surface area contributed by atoms with Crippen LogP contribution in [-0.2, 0) is 12.4 Å².